The van der Waals surface area contributed by atoms with E-state index in [0.29, 0.717) is 105 Å². The lowest BCUT2D eigenvalue weighted by Gasteiger charge is -2.24. The number of halogens is 1. The van der Waals surface area contributed by atoms with Crippen LogP contribution in [0.25, 0.3) is 39.5 Å². The average molecular weight is 1160 g/mol. The van der Waals surface area contributed by atoms with Crippen LogP contribution in [-0.4, -0.2) is 169 Å². The fourth-order valence-electron chi connectivity index (χ4n) is 8.56. The van der Waals surface area contributed by atoms with E-state index < -0.39 is 23.5 Å². The number of carbonyl (C=O) groups excluding carboxylic acids is 3. The van der Waals surface area contributed by atoms with Crippen LogP contribution in [0.4, 0.5) is 27.8 Å². The zero-order valence-electron chi connectivity index (χ0n) is 48.0. The predicted molar refractivity (Wildman–Crippen MR) is 311 cm³/mol. The molecule has 0 unspecified atom stereocenters. The molecule has 84 heavy (non-hydrogen) atoms. The van der Waals surface area contributed by atoms with Gasteiger partial charge in [0.2, 0.25) is 17.8 Å². The van der Waals surface area contributed by atoms with Crippen LogP contribution < -0.4 is 32.3 Å². The molecule has 26 nitrogen and oxygen atoms in total. The molecule has 7 N–H and O–H groups in total. The number of pyridine rings is 1. The molecule has 8 rings (SSSR count). The molecule has 1 atom stereocenters. The van der Waals surface area contributed by atoms with E-state index in [4.69, 9.17) is 45.1 Å². The largest absolute Gasteiger partial charge is 0.458 e. The molecule has 8 aromatic rings. The number of aromatic nitrogens is 11. The maximum atomic E-state index is 13.9. The van der Waals surface area contributed by atoms with Crippen LogP contribution in [0.1, 0.15) is 60.9 Å². The van der Waals surface area contributed by atoms with Crippen molar-refractivity contribution in [2.24, 2.45) is 0 Å². The summed E-state index contributed by atoms with van der Waals surface area (Å²) >= 11 is 0. The molecule has 2 amide bonds. The third-order valence-electron chi connectivity index (χ3n) is 12.5. The number of imidazole rings is 1. The van der Waals surface area contributed by atoms with Crippen molar-refractivity contribution in [3.8, 4) is 22.6 Å². The van der Waals surface area contributed by atoms with Gasteiger partial charge in [-0.3, -0.25) is 14.0 Å². The van der Waals surface area contributed by atoms with Crippen molar-refractivity contribution in [1.82, 2.24) is 69.8 Å². The summed E-state index contributed by atoms with van der Waals surface area (Å²) in [6.07, 6.45) is 6.98. The first-order chi connectivity index (χ1) is 40.4. The minimum atomic E-state index is -1.09. The number of anilines is 4. The number of esters is 1. The molecule has 2 aromatic carbocycles. The van der Waals surface area contributed by atoms with Crippen LogP contribution in [-0.2, 0) is 59.5 Å². The van der Waals surface area contributed by atoms with E-state index in [1.54, 1.807) is 80.4 Å². The number of hydrogen-bond donors (Lipinski definition) is 5. The summed E-state index contributed by atoms with van der Waals surface area (Å²) < 4.78 is 45.9. The van der Waals surface area contributed by atoms with E-state index in [1.807, 2.05) is 48.8 Å². The Labute approximate surface area is 484 Å². The topological polar surface area (TPSA) is 317 Å². The number of hydrogen-bond acceptors (Lipinski definition) is 22. The number of rotatable bonds is 31. The van der Waals surface area contributed by atoms with Gasteiger partial charge in [-0.15, -0.1) is 5.10 Å². The standard InChI is InChI=1S/C57H71FN18O8/c1-57(2,3)84-54(79)45(66-53(78)39-9-13-43(14-10-39)74(6)34-41-32-64-52-49(65-41)51(59)69-55(60)70-52)15-16-47(77)61-20-24-80-26-23-75-35-42(71-72-75)36-83-30-29-82-28-27-81-25-21-63-56-62-19-17-44(67-56)50-48(38-7-11-40(58)12-8-38)68-46-31-37(33-73(4)5)18-22-76(46)50/h7-14,17-19,22,31-32,35,45H,15-16,20-21,23-30,33-34,36H2,1-6H3,(H,61,77)(H,66,78)(H,62,63,67)(H4,59,60,64,69,70)/t45-/m0/s1. The molecular weight excluding hydrogens is 1080 g/mol. The lowest BCUT2D eigenvalue weighted by Crippen LogP contribution is -2.45. The first-order valence-electron chi connectivity index (χ1n) is 27.3. The number of nitrogens with two attached hydrogens (primary N) is 2. The third kappa shape index (κ3) is 18.1. The van der Waals surface area contributed by atoms with E-state index in [-0.39, 0.29) is 56.1 Å². The highest BCUT2D eigenvalue weighted by atomic mass is 19.1. The zero-order chi connectivity index (χ0) is 59.6. The van der Waals surface area contributed by atoms with Gasteiger partial charge in [-0.2, -0.15) is 9.97 Å². The van der Waals surface area contributed by atoms with Crippen LogP contribution in [0.15, 0.2) is 91.5 Å². The fourth-order valence-corrected chi connectivity index (χ4v) is 8.56. The molecule has 0 saturated heterocycles. The maximum Gasteiger partial charge on any atom is 0.329 e. The van der Waals surface area contributed by atoms with Crippen molar-refractivity contribution >= 4 is 58.0 Å². The lowest BCUT2D eigenvalue weighted by molar-refractivity contribution is -0.157. The van der Waals surface area contributed by atoms with E-state index in [9.17, 15) is 18.8 Å². The van der Waals surface area contributed by atoms with Crippen molar-refractivity contribution in [1.29, 1.82) is 0 Å². The summed E-state index contributed by atoms with van der Waals surface area (Å²) in [4.78, 5) is 74.5. The van der Waals surface area contributed by atoms with Crippen LogP contribution in [0.5, 0.6) is 0 Å². The Morgan fingerprint density at radius 3 is 2.29 bits per heavy atom. The smallest absolute Gasteiger partial charge is 0.329 e. The van der Waals surface area contributed by atoms with Crippen molar-refractivity contribution in [3.63, 3.8) is 0 Å². The first kappa shape index (κ1) is 61.2. The summed E-state index contributed by atoms with van der Waals surface area (Å²) in [6.45, 7) is 10.1. The number of fused-ring (bicyclic) bond motifs is 2. The van der Waals surface area contributed by atoms with Crippen LogP contribution >= 0.6 is 0 Å². The van der Waals surface area contributed by atoms with E-state index in [1.165, 1.54) is 12.1 Å². The Balaban J connectivity index is 0.667. The predicted octanol–water partition coefficient (Wildman–Crippen LogP) is 4.50. The molecule has 6 aromatic heterocycles. The minimum absolute atomic E-state index is 0.00779. The highest BCUT2D eigenvalue weighted by Gasteiger charge is 2.28. The second kappa shape index (κ2) is 29.4. The van der Waals surface area contributed by atoms with E-state index >= 15 is 0 Å². The summed E-state index contributed by atoms with van der Waals surface area (Å²) in [6, 6.07) is 17.9. The van der Waals surface area contributed by atoms with Gasteiger partial charge < -0.3 is 60.9 Å². The second-order valence-corrected chi connectivity index (χ2v) is 20.7. The number of carbonyl (C=O) groups is 3. The molecule has 0 fully saturated rings. The number of benzene rings is 2. The van der Waals surface area contributed by atoms with Crippen LogP contribution in [0.3, 0.4) is 0 Å². The van der Waals surface area contributed by atoms with Crippen molar-refractivity contribution in [3.05, 3.63) is 120 Å². The third-order valence-corrected chi connectivity index (χ3v) is 12.5. The van der Waals surface area contributed by atoms with Crippen LogP contribution in [0.2, 0.25) is 0 Å². The maximum absolute atomic E-state index is 13.9. The molecule has 27 heteroatoms. The monoisotopic (exact) mass is 1150 g/mol. The van der Waals surface area contributed by atoms with Gasteiger partial charge in [0.25, 0.3) is 5.91 Å². The Kier molecular flexibility index (Phi) is 21.4. The Morgan fingerprint density at radius 2 is 1.52 bits per heavy atom. The van der Waals surface area contributed by atoms with Gasteiger partial charge in [0.05, 0.1) is 101 Å². The molecule has 6 heterocycles. The molecule has 0 aliphatic rings. The van der Waals surface area contributed by atoms with E-state index in [0.717, 1.165) is 34.7 Å². The minimum Gasteiger partial charge on any atom is -0.458 e. The Bertz CT molecular complexity index is 3470. The molecular formula is C57H71FN18O8. The van der Waals surface area contributed by atoms with Gasteiger partial charge in [0, 0.05) is 62.3 Å². The molecule has 0 bridgehead atoms. The first-order valence-corrected chi connectivity index (χ1v) is 27.3. The Hall–Kier alpha value is -8.89. The van der Waals surface area contributed by atoms with Gasteiger partial charge in [-0.05, 0) is 114 Å². The Morgan fingerprint density at radius 1 is 0.786 bits per heavy atom. The number of ether oxygens (including phenoxy) is 5. The van der Waals surface area contributed by atoms with Crippen molar-refractivity contribution in [2.75, 3.05) is 102 Å². The van der Waals surface area contributed by atoms with Gasteiger partial charge in [0.1, 0.15) is 28.8 Å². The molecule has 0 saturated carbocycles. The summed E-state index contributed by atoms with van der Waals surface area (Å²) in [5.41, 5.74) is 18.6. The molecule has 444 valence electrons. The van der Waals surface area contributed by atoms with Gasteiger partial charge in [-0.25, -0.2) is 38.8 Å². The average Bonchev–Trinajstić information content (AvgIpc) is 3.05. The summed E-state index contributed by atoms with van der Waals surface area (Å²) in [7, 11) is 5.89. The second-order valence-electron chi connectivity index (χ2n) is 20.7. The molecule has 0 aliphatic heterocycles. The fraction of sp³-hybridized carbons (Fsp3) is 0.404. The van der Waals surface area contributed by atoms with Gasteiger partial charge >= 0.3 is 5.97 Å². The summed E-state index contributed by atoms with van der Waals surface area (Å²) in [5, 5.41) is 17.1. The highest BCUT2D eigenvalue weighted by Crippen LogP contribution is 2.33. The van der Waals surface area contributed by atoms with Gasteiger partial charge in [0.15, 0.2) is 17.0 Å². The van der Waals surface area contributed by atoms with E-state index in [2.05, 4.69) is 62.1 Å². The van der Waals surface area contributed by atoms with Gasteiger partial charge in [-0.1, -0.05) is 5.21 Å². The quantitative estimate of drug-likeness (QED) is 0.0295. The highest BCUT2D eigenvalue weighted by molar-refractivity contribution is 5.97. The number of nitrogens with one attached hydrogen (secondary N) is 3. The normalized spacial score (nSPS) is 12.0. The lowest BCUT2D eigenvalue weighted by atomic mass is 10.1. The van der Waals surface area contributed by atoms with Crippen LogP contribution in [0, 0.1) is 5.82 Å². The number of nitrogen functional groups attached to an aromatic ring is 2. The number of nitrogens with zero attached hydrogens (tertiary/aromatic N) is 13. The summed E-state index contributed by atoms with van der Waals surface area (Å²) in [5.74, 6) is -1.23. The van der Waals surface area contributed by atoms with Crippen molar-refractivity contribution < 1.29 is 42.5 Å². The molecule has 0 radical (unpaired) electrons. The zero-order valence-corrected chi connectivity index (χ0v) is 48.0. The SMILES string of the molecule is CN(C)Cc1ccn2c(-c3ccnc(NCCOCCOCCOCc4cn(CCOCCNC(=O)CC[C@H](NC(=O)c5ccc(N(C)Cc6cnc7nc(N)nc(N)c7n6)cc5)C(=O)OC(C)(C)C)nn4)n3)c(-c3ccc(F)cc3)nc2c1. The molecule has 0 aliphatic carbocycles. The number of amides is 2. The van der Waals surface area contributed by atoms with Crippen molar-refractivity contribution in [2.45, 2.75) is 71.5 Å². The molecule has 0 spiro atoms.